The molecule has 316 valence electrons. The van der Waals surface area contributed by atoms with Gasteiger partial charge in [0.25, 0.3) is 0 Å². The Morgan fingerprint density at radius 3 is 2.13 bits per heavy atom. The Morgan fingerprint density at radius 2 is 1.43 bits per heavy atom. The molecular weight excluding hydrogens is 773 g/mol. The molecule has 0 saturated carbocycles. The lowest BCUT2D eigenvalue weighted by molar-refractivity contribution is -0.135. The van der Waals surface area contributed by atoms with Gasteiger partial charge >= 0.3 is 5.76 Å². The number of nitrogens with zero attached hydrogens (tertiary/aromatic N) is 8. The number of imide groups is 1. The summed E-state index contributed by atoms with van der Waals surface area (Å²) < 4.78 is 15.1. The average Bonchev–Trinajstić information content (AvgIpc) is 3.83. The van der Waals surface area contributed by atoms with Crippen molar-refractivity contribution in [3.63, 3.8) is 0 Å². The number of rotatable bonds is 10. The summed E-state index contributed by atoms with van der Waals surface area (Å²) in [7, 11) is 0. The highest BCUT2D eigenvalue weighted by Crippen LogP contribution is 2.36. The minimum absolute atomic E-state index is 0.201. The zero-order valence-electron chi connectivity index (χ0n) is 34.3. The number of hydrogen-bond donors (Lipinski definition) is 2. The third kappa shape index (κ3) is 8.11. The lowest BCUT2D eigenvalue weighted by atomic mass is 9.92. The normalized spacial score (nSPS) is 20.5. The van der Waals surface area contributed by atoms with Crippen molar-refractivity contribution in [2.75, 3.05) is 63.0 Å². The third-order valence-electron chi connectivity index (χ3n) is 13.4. The van der Waals surface area contributed by atoms with Gasteiger partial charge in [-0.1, -0.05) is 18.2 Å². The molecule has 3 N–H and O–H groups in total. The van der Waals surface area contributed by atoms with Crippen molar-refractivity contribution in [2.45, 2.75) is 63.5 Å². The molecule has 4 saturated heterocycles. The number of nitrogen functional groups attached to an aromatic ring is 1. The summed E-state index contributed by atoms with van der Waals surface area (Å²) in [5, 5.41) is 8.28. The first-order valence-corrected chi connectivity index (χ1v) is 21.8. The van der Waals surface area contributed by atoms with Crippen molar-refractivity contribution in [3.8, 4) is 22.8 Å². The van der Waals surface area contributed by atoms with E-state index in [1.54, 1.807) is 6.33 Å². The molecule has 7 heterocycles. The highest BCUT2D eigenvalue weighted by atomic mass is 16.5. The van der Waals surface area contributed by atoms with Crippen LogP contribution in [0.5, 0.6) is 11.5 Å². The Bertz CT molecular complexity index is 2580. The highest BCUT2D eigenvalue weighted by Gasteiger charge is 2.33. The smallest absolute Gasteiger partial charge is 0.420 e. The Kier molecular flexibility index (Phi) is 10.8. The van der Waals surface area contributed by atoms with Crippen LogP contribution in [0.15, 0.2) is 88.3 Å². The first-order valence-electron chi connectivity index (χ1n) is 21.8. The number of fused-ring (bicyclic) bond motifs is 2. The molecule has 3 aromatic heterocycles. The topological polar surface area (TPSA) is 170 Å². The van der Waals surface area contributed by atoms with Gasteiger partial charge in [-0.25, -0.2) is 19.4 Å². The van der Waals surface area contributed by atoms with E-state index in [1.165, 1.54) is 17.4 Å². The van der Waals surface area contributed by atoms with E-state index in [-0.39, 0.29) is 24.8 Å². The zero-order valence-corrected chi connectivity index (χ0v) is 34.3. The quantitative estimate of drug-likeness (QED) is 0.154. The Labute approximate surface area is 353 Å². The van der Waals surface area contributed by atoms with Crippen LogP contribution in [0.2, 0.25) is 0 Å². The Hall–Kier alpha value is -6.06. The lowest BCUT2D eigenvalue weighted by Gasteiger charge is -2.40. The Morgan fingerprint density at radius 1 is 0.754 bits per heavy atom. The molecule has 4 aliphatic rings. The lowest BCUT2D eigenvalue weighted by Crippen LogP contribution is -2.44. The number of benzene rings is 3. The molecule has 61 heavy (non-hydrogen) atoms. The van der Waals surface area contributed by atoms with Crippen LogP contribution in [-0.4, -0.2) is 98.3 Å². The largest absolute Gasteiger partial charge is 0.457 e. The minimum Gasteiger partial charge on any atom is -0.457 e. The van der Waals surface area contributed by atoms with Crippen LogP contribution in [0, 0.1) is 11.8 Å². The minimum atomic E-state index is -0.740. The second-order valence-electron chi connectivity index (χ2n) is 17.3. The van der Waals surface area contributed by atoms with Crippen molar-refractivity contribution >= 4 is 45.5 Å². The predicted molar refractivity (Wildman–Crippen MR) is 232 cm³/mol. The number of likely N-dealkylation sites (tertiary alicyclic amines) is 2. The summed E-state index contributed by atoms with van der Waals surface area (Å²) in [6.07, 6.45) is 8.77. The maximum Gasteiger partial charge on any atom is 0.420 e. The maximum atomic E-state index is 12.8. The number of piperidine rings is 4. The molecule has 0 bridgehead atoms. The summed E-state index contributed by atoms with van der Waals surface area (Å²) >= 11 is 0. The van der Waals surface area contributed by atoms with Crippen LogP contribution in [-0.2, 0) is 9.59 Å². The molecule has 1 atom stereocenters. The fourth-order valence-corrected chi connectivity index (χ4v) is 10.0. The molecule has 4 aliphatic heterocycles. The van der Waals surface area contributed by atoms with E-state index in [1.807, 2.05) is 72.8 Å². The van der Waals surface area contributed by atoms with Crippen molar-refractivity contribution in [1.82, 2.24) is 39.4 Å². The van der Waals surface area contributed by atoms with Crippen LogP contribution in [0.1, 0.15) is 63.5 Å². The fourth-order valence-electron chi connectivity index (χ4n) is 10.0. The number of aromatic nitrogens is 5. The van der Waals surface area contributed by atoms with E-state index in [9.17, 15) is 14.4 Å². The number of para-hydroxylation sites is 1. The molecule has 3 aromatic carbocycles. The summed E-state index contributed by atoms with van der Waals surface area (Å²) in [6, 6.07) is 23.0. The third-order valence-corrected chi connectivity index (χ3v) is 13.4. The summed E-state index contributed by atoms with van der Waals surface area (Å²) in [6.45, 7) is 8.59. The molecule has 2 amide bonds. The standard InChI is InChI=1S/C46H52N10O5/c47-43-41-42(32-6-9-36(10-7-32)60-35-4-2-1-3-5-35)51-56(44(41)49-29-48-43)33-18-22-53(23-19-33)27-30-14-20-52(21-15-30)28-31-16-24-54(25-17-31)34-8-11-37-39(26-34)61-46(59)55(37)38-12-13-40(57)50-45(38)58/h1-11,26,29-31,33,38H,12-25,27-28H2,(H2,47,48,49)(H,50,57,58). The van der Waals surface area contributed by atoms with Gasteiger partial charge in [0.15, 0.2) is 11.2 Å². The number of carbonyl (C=O) groups is 2. The van der Waals surface area contributed by atoms with Crippen LogP contribution in [0.4, 0.5) is 11.5 Å². The molecular formula is C46H52N10O5. The van der Waals surface area contributed by atoms with Crippen LogP contribution >= 0.6 is 0 Å². The van der Waals surface area contributed by atoms with Crippen LogP contribution < -0.4 is 26.4 Å². The SMILES string of the molecule is Nc1ncnc2c1c(-c1ccc(Oc3ccccc3)cc1)nn2C1CCN(CC2CCN(CC3CCN(c4ccc5c(c4)oc(=O)n5C4CCC(=O)NC4=O)CC3)CC2)CC1. The molecule has 15 heteroatoms. The predicted octanol–water partition coefficient (Wildman–Crippen LogP) is 6.02. The van der Waals surface area contributed by atoms with Crippen molar-refractivity contribution in [2.24, 2.45) is 11.8 Å². The van der Waals surface area contributed by atoms with Gasteiger partial charge in [0.05, 0.1) is 16.9 Å². The van der Waals surface area contributed by atoms with Gasteiger partial charge in [0.2, 0.25) is 11.8 Å². The number of anilines is 2. The van der Waals surface area contributed by atoms with E-state index >= 15 is 0 Å². The van der Waals surface area contributed by atoms with Crippen molar-refractivity contribution in [1.29, 1.82) is 0 Å². The number of amides is 2. The Balaban J connectivity index is 0.689. The summed E-state index contributed by atoms with van der Waals surface area (Å²) in [5.74, 6) is 2.03. The average molecular weight is 825 g/mol. The number of nitrogens with two attached hydrogens (primary N) is 1. The van der Waals surface area contributed by atoms with Crippen LogP contribution in [0.25, 0.3) is 33.4 Å². The molecule has 1 unspecified atom stereocenters. The molecule has 15 nitrogen and oxygen atoms in total. The van der Waals surface area contributed by atoms with Gasteiger partial charge in [-0.3, -0.25) is 19.5 Å². The number of carbonyl (C=O) groups excluding carboxylic acids is 2. The molecule has 0 aliphatic carbocycles. The van der Waals surface area contributed by atoms with Gasteiger partial charge in [-0.15, -0.1) is 0 Å². The number of nitrogens with one attached hydrogen (secondary N) is 1. The van der Waals surface area contributed by atoms with E-state index in [0.29, 0.717) is 28.8 Å². The monoisotopic (exact) mass is 824 g/mol. The van der Waals surface area contributed by atoms with Gasteiger partial charge in [-0.05, 0) is 118 Å². The molecule has 0 spiro atoms. The second kappa shape index (κ2) is 16.8. The van der Waals surface area contributed by atoms with Gasteiger partial charge < -0.3 is 29.6 Å². The van der Waals surface area contributed by atoms with E-state index in [2.05, 4.69) is 34.7 Å². The second-order valence-corrected chi connectivity index (χ2v) is 17.3. The zero-order chi connectivity index (χ0) is 41.5. The number of hydrogen-bond acceptors (Lipinski definition) is 12. The summed E-state index contributed by atoms with van der Waals surface area (Å²) in [5.41, 5.74) is 11.1. The molecule has 10 rings (SSSR count). The van der Waals surface area contributed by atoms with Gasteiger partial charge in [0.1, 0.15) is 35.4 Å². The first kappa shape index (κ1) is 39.1. The van der Waals surface area contributed by atoms with Crippen LogP contribution in [0.3, 0.4) is 0 Å². The van der Waals surface area contributed by atoms with Crippen molar-refractivity contribution in [3.05, 3.63) is 89.7 Å². The number of oxazole rings is 1. The van der Waals surface area contributed by atoms with Gasteiger partial charge in [-0.2, -0.15) is 5.10 Å². The fraction of sp³-hybridized carbons (Fsp3) is 0.435. The highest BCUT2D eigenvalue weighted by molar-refractivity contribution is 6.00. The van der Waals surface area contributed by atoms with Gasteiger partial charge in [0, 0.05) is 63.0 Å². The van der Waals surface area contributed by atoms with E-state index in [4.69, 9.17) is 20.0 Å². The summed E-state index contributed by atoms with van der Waals surface area (Å²) in [4.78, 5) is 53.6. The molecule has 4 fully saturated rings. The molecule has 6 aromatic rings. The maximum absolute atomic E-state index is 12.8. The van der Waals surface area contributed by atoms with E-state index in [0.717, 1.165) is 118 Å². The number of ether oxygens (including phenoxy) is 1. The molecule has 0 radical (unpaired) electrons. The van der Waals surface area contributed by atoms with Crippen molar-refractivity contribution < 1.29 is 18.7 Å². The first-order chi connectivity index (χ1) is 29.8. The van der Waals surface area contributed by atoms with E-state index < -0.39 is 17.7 Å².